The average Bonchev–Trinajstić information content (AvgIpc) is 3.04. The lowest BCUT2D eigenvalue weighted by Crippen LogP contribution is -2.29. The first kappa shape index (κ1) is 16.6. The molecule has 0 spiro atoms. The molecule has 0 radical (unpaired) electrons. The Bertz CT molecular complexity index is 696. The lowest BCUT2D eigenvalue weighted by molar-refractivity contribution is -0.124. The summed E-state index contributed by atoms with van der Waals surface area (Å²) in [6.45, 7) is 5.40. The maximum atomic E-state index is 12.2. The number of nitrogens with zero attached hydrogens (tertiary/aromatic N) is 3. The predicted molar refractivity (Wildman–Crippen MR) is 90.6 cm³/mol. The van der Waals surface area contributed by atoms with Crippen LogP contribution >= 0.6 is 0 Å². The summed E-state index contributed by atoms with van der Waals surface area (Å²) in [5, 5.41) is 11.0. The van der Waals surface area contributed by atoms with Crippen LogP contribution in [0.4, 0.5) is 0 Å². The zero-order valence-electron chi connectivity index (χ0n) is 14.2. The zero-order valence-corrected chi connectivity index (χ0v) is 14.2. The van der Waals surface area contributed by atoms with Crippen LogP contribution in [0.5, 0.6) is 0 Å². The highest BCUT2D eigenvalue weighted by Crippen LogP contribution is 2.29. The third-order valence-electron chi connectivity index (χ3n) is 4.34. The number of hydrogen-bond acceptors (Lipinski definition) is 4. The van der Waals surface area contributed by atoms with Gasteiger partial charge in [-0.1, -0.05) is 24.3 Å². The van der Waals surface area contributed by atoms with Gasteiger partial charge in [0.25, 0.3) is 0 Å². The smallest absolute Gasteiger partial charge is 0.222 e. The molecular formula is C18H24N4O2. The molecule has 1 aliphatic rings. The van der Waals surface area contributed by atoms with Crippen LogP contribution in [-0.2, 0) is 22.4 Å². The third kappa shape index (κ3) is 3.82. The fourth-order valence-corrected chi connectivity index (χ4v) is 3.08. The van der Waals surface area contributed by atoms with Crippen molar-refractivity contribution < 1.29 is 9.53 Å². The first-order chi connectivity index (χ1) is 11.6. The van der Waals surface area contributed by atoms with E-state index < -0.39 is 0 Å². The second kappa shape index (κ2) is 7.57. The standard InChI is InChI=1S/C18H24N4O2/c1-13(2)22-12-20-21-17(22)7-9-19-18(23)11-16-15-6-4-3-5-14(15)8-10-24-16/h3-6,12-13,16H,7-11H2,1-2H3,(H,19,23)/t16-/m0/s1. The number of nitrogens with one attached hydrogen (secondary N) is 1. The lowest BCUT2D eigenvalue weighted by Gasteiger charge is -2.25. The van der Waals surface area contributed by atoms with Gasteiger partial charge >= 0.3 is 0 Å². The summed E-state index contributed by atoms with van der Waals surface area (Å²) in [5.41, 5.74) is 2.42. The van der Waals surface area contributed by atoms with Gasteiger partial charge in [0.15, 0.2) is 0 Å². The van der Waals surface area contributed by atoms with E-state index >= 15 is 0 Å². The molecule has 1 N–H and O–H groups in total. The molecule has 1 aliphatic heterocycles. The predicted octanol–water partition coefficient (Wildman–Crippen LogP) is 2.22. The van der Waals surface area contributed by atoms with Crippen LogP contribution in [0.2, 0.25) is 0 Å². The van der Waals surface area contributed by atoms with Crippen LogP contribution in [0.1, 0.15) is 49.4 Å². The summed E-state index contributed by atoms with van der Waals surface area (Å²) < 4.78 is 7.81. The Morgan fingerprint density at radius 2 is 2.25 bits per heavy atom. The Morgan fingerprint density at radius 3 is 3.08 bits per heavy atom. The first-order valence-electron chi connectivity index (χ1n) is 8.49. The third-order valence-corrected chi connectivity index (χ3v) is 4.34. The van der Waals surface area contributed by atoms with E-state index in [2.05, 4.69) is 41.5 Å². The molecule has 1 atom stereocenters. The van der Waals surface area contributed by atoms with E-state index in [0.29, 0.717) is 32.0 Å². The lowest BCUT2D eigenvalue weighted by atomic mass is 9.95. The minimum atomic E-state index is -0.144. The fourth-order valence-electron chi connectivity index (χ4n) is 3.08. The summed E-state index contributed by atoms with van der Waals surface area (Å²) in [7, 11) is 0. The van der Waals surface area contributed by atoms with E-state index in [0.717, 1.165) is 17.8 Å². The normalized spacial score (nSPS) is 16.9. The van der Waals surface area contributed by atoms with Gasteiger partial charge in [-0.2, -0.15) is 0 Å². The van der Waals surface area contributed by atoms with Gasteiger partial charge in [-0.05, 0) is 31.4 Å². The van der Waals surface area contributed by atoms with Crippen molar-refractivity contribution in [3.8, 4) is 0 Å². The van der Waals surface area contributed by atoms with Crippen molar-refractivity contribution in [3.63, 3.8) is 0 Å². The van der Waals surface area contributed by atoms with Crippen LogP contribution in [0.3, 0.4) is 0 Å². The minimum Gasteiger partial charge on any atom is -0.373 e. The largest absolute Gasteiger partial charge is 0.373 e. The summed E-state index contributed by atoms with van der Waals surface area (Å²) >= 11 is 0. The van der Waals surface area contributed by atoms with Gasteiger partial charge in [0.05, 0.1) is 19.1 Å². The van der Waals surface area contributed by atoms with Crippen molar-refractivity contribution in [2.45, 2.75) is 45.3 Å². The molecule has 0 fully saturated rings. The Hall–Kier alpha value is -2.21. The number of ether oxygens (including phenoxy) is 1. The van der Waals surface area contributed by atoms with Gasteiger partial charge in [0, 0.05) is 19.0 Å². The number of benzene rings is 1. The summed E-state index contributed by atoms with van der Waals surface area (Å²) in [6.07, 6.45) is 3.53. The molecule has 24 heavy (non-hydrogen) atoms. The number of rotatable bonds is 6. The minimum absolute atomic E-state index is 0.00677. The van der Waals surface area contributed by atoms with Crippen LogP contribution in [0.15, 0.2) is 30.6 Å². The highest BCUT2D eigenvalue weighted by atomic mass is 16.5. The van der Waals surface area contributed by atoms with Gasteiger partial charge in [-0.25, -0.2) is 0 Å². The van der Waals surface area contributed by atoms with Crippen molar-refractivity contribution in [2.75, 3.05) is 13.2 Å². The van der Waals surface area contributed by atoms with E-state index in [1.165, 1.54) is 5.56 Å². The second-order valence-electron chi connectivity index (χ2n) is 6.36. The molecule has 0 aliphatic carbocycles. The van der Waals surface area contributed by atoms with Crippen LogP contribution in [0, 0.1) is 0 Å². The van der Waals surface area contributed by atoms with Crippen molar-refractivity contribution in [2.24, 2.45) is 0 Å². The molecule has 1 aromatic heterocycles. The summed E-state index contributed by atoms with van der Waals surface area (Å²) in [6, 6.07) is 8.51. The Balaban J connectivity index is 1.51. The average molecular weight is 328 g/mol. The van der Waals surface area contributed by atoms with Crippen LogP contribution in [0.25, 0.3) is 0 Å². The monoisotopic (exact) mass is 328 g/mol. The van der Waals surface area contributed by atoms with Crippen LogP contribution < -0.4 is 5.32 Å². The maximum absolute atomic E-state index is 12.2. The molecule has 2 heterocycles. The number of hydrogen-bond donors (Lipinski definition) is 1. The summed E-state index contributed by atoms with van der Waals surface area (Å²) in [5.74, 6) is 0.900. The van der Waals surface area contributed by atoms with Gasteiger partial charge in [0.2, 0.25) is 5.91 Å². The molecule has 1 amide bonds. The molecule has 1 aromatic carbocycles. The van der Waals surface area contributed by atoms with Crippen molar-refractivity contribution in [1.29, 1.82) is 0 Å². The number of fused-ring (bicyclic) bond motifs is 1. The van der Waals surface area contributed by atoms with Gasteiger partial charge < -0.3 is 14.6 Å². The quantitative estimate of drug-likeness (QED) is 0.883. The molecular weight excluding hydrogens is 304 g/mol. The second-order valence-corrected chi connectivity index (χ2v) is 6.36. The molecule has 3 rings (SSSR count). The first-order valence-corrected chi connectivity index (χ1v) is 8.49. The Morgan fingerprint density at radius 1 is 1.42 bits per heavy atom. The van der Waals surface area contributed by atoms with E-state index in [9.17, 15) is 4.79 Å². The molecule has 2 aromatic rings. The summed E-state index contributed by atoms with van der Waals surface area (Å²) in [4.78, 5) is 12.2. The van der Waals surface area contributed by atoms with Crippen molar-refractivity contribution in [3.05, 3.63) is 47.5 Å². The topological polar surface area (TPSA) is 69.0 Å². The SMILES string of the molecule is CC(C)n1cnnc1CCNC(=O)C[C@@H]1OCCc2ccccc21. The van der Waals surface area contributed by atoms with E-state index in [-0.39, 0.29) is 12.0 Å². The maximum Gasteiger partial charge on any atom is 0.222 e. The molecule has 0 unspecified atom stereocenters. The zero-order chi connectivity index (χ0) is 16.9. The number of carbonyl (C=O) groups is 1. The highest BCUT2D eigenvalue weighted by Gasteiger charge is 2.22. The van der Waals surface area contributed by atoms with Gasteiger partial charge in [-0.3, -0.25) is 4.79 Å². The molecule has 6 nitrogen and oxygen atoms in total. The Kier molecular flexibility index (Phi) is 5.25. The number of carbonyl (C=O) groups excluding carboxylic acids is 1. The number of amides is 1. The molecule has 6 heteroatoms. The van der Waals surface area contributed by atoms with Gasteiger partial charge in [0.1, 0.15) is 12.2 Å². The molecule has 0 saturated heterocycles. The Labute approximate surface area is 142 Å². The number of aromatic nitrogens is 3. The van der Waals surface area contributed by atoms with E-state index in [1.807, 2.05) is 16.7 Å². The fraction of sp³-hybridized carbons (Fsp3) is 0.500. The molecule has 128 valence electrons. The van der Waals surface area contributed by atoms with Crippen molar-refractivity contribution in [1.82, 2.24) is 20.1 Å². The van der Waals surface area contributed by atoms with E-state index in [4.69, 9.17) is 4.74 Å². The highest BCUT2D eigenvalue weighted by molar-refractivity contribution is 5.76. The van der Waals surface area contributed by atoms with E-state index in [1.54, 1.807) is 6.33 Å². The van der Waals surface area contributed by atoms with Gasteiger partial charge in [-0.15, -0.1) is 10.2 Å². The molecule has 0 saturated carbocycles. The van der Waals surface area contributed by atoms with Crippen LogP contribution in [-0.4, -0.2) is 33.8 Å². The molecule has 0 bridgehead atoms. The van der Waals surface area contributed by atoms with Crippen molar-refractivity contribution >= 4 is 5.91 Å².